The largest absolute Gasteiger partial charge is 0.507 e. The van der Waals surface area contributed by atoms with Crippen LogP contribution in [-0.4, -0.2) is 10.4 Å². The van der Waals surface area contributed by atoms with E-state index in [1.807, 2.05) is 13.8 Å². The van der Waals surface area contributed by atoms with Crippen LogP contribution in [0.4, 0.5) is 0 Å². The molecule has 1 aromatic rings. The number of rotatable bonds is 2. The second kappa shape index (κ2) is 3.93. The molecule has 0 saturated heterocycles. The van der Waals surface area contributed by atoms with Crippen molar-refractivity contribution < 1.29 is 5.11 Å². The molecule has 0 aliphatic carbocycles. The van der Waals surface area contributed by atoms with Crippen molar-refractivity contribution in [3.8, 4) is 5.75 Å². The maximum atomic E-state index is 9.66. The summed E-state index contributed by atoms with van der Waals surface area (Å²) in [5.41, 5.74) is 3.29. The molecule has 78 valence electrons. The molecule has 0 atom stereocenters. The van der Waals surface area contributed by atoms with Crippen molar-refractivity contribution >= 4 is 15.9 Å². The molecule has 1 aromatic carbocycles. The van der Waals surface area contributed by atoms with Crippen LogP contribution in [0.2, 0.25) is 0 Å². The van der Waals surface area contributed by atoms with Crippen molar-refractivity contribution in [1.82, 2.24) is 0 Å². The minimum Gasteiger partial charge on any atom is -0.507 e. The highest BCUT2D eigenvalue weighted by molar-refractivity contribution is 9.09. The highest BCUT2D eigenvalue weighted by Gasteiger charge is 2.20. The minimum absolute atomic E-state index is 0.114. The van der Waals surface area contributed by atoms with E-state index in [2.05, 4.69) is 41.9 Å². The van der Waals surface area contributed by atoms with Crippen LogP contribution in [0.15, 0.2) is 12.1 Å². The van der Waals surface area contributed by atoms with Gasteiger partial charge >= 0.3 is 0 Å². The third kappa shape index (κ3) is 2.11. The summed E-state index contributed by atoms with van der Waals surface area (Å²) in [5.74, 6) is 0.416. The lowest BCUT2D eigenvalue weighted by atomic mass is 9.85. The number of aromatic hydroxyl groups is 1. The van der Waals surface area contributed by atoms with Crippen molar-refractivity contribution in [3.05, 3.63) is 28.8 Å². The average Bonchev–Trinajstić information content (AvgIpc) is 2.13. The van der Waals surface area contributed by atoms with Crippen LogP contribution in [0, 0.1) is 13.8 Å². The Labute approximate surface area is 94.3 Å². The van der Waals surface area contributed by atoms with Crippen molar-refractivity contribution in [2.45, 2.75) is 33.1 Å². The van der Waals surface area contributed by atoms with E-state index in [1.165, 1.54) is 5.56 Å². The van der Waals surface area contributed by atoms with Gasteiger partial charge in [0.25, 0.3) is 0 Å². The van der Waals surface area contributed by atoms with E-state index in [0.29, 0.717) is 5.75 Å². The molecule has 0 aliphatic rings. The SMILES string of the molecule is Cc1cc(C(C)(C)CBr)cc(C)c1O. The summed E-state index contributed by atoms with van der Waals surface area (Å²) in [4.78, 5) is 0. The molecular weight excluding hydrogens is 240 g/mol. The Morgan fingerprint density at radius 2 is 1.64 bits per heavy atom. The highest BCUT2D eigenvalue weighted by Crippen LogP contribution is 2.31. The fourth-order valence-electron chi connectivity index (χ4n) is 1.42. The molecular formula is C12H17BrO. The van der Waals surface area contributed by atoms with Gasteiger partial charge in [0.15, 0.2) is 0 Å². The monoisotopic (exact) mass is 256 g/mol. The van der Waals surface area contributed by atoms with Gasteiger partial charge in [-0.3, -0.25) is 0 Å². The van der Waals surface area contributed by atoms with E-state index in [-0.39, 0.29) is 5.41 Å². The zero-order valence-corrected chi connectivity index (χ0v) is 10.8. The predicted molar refractivity (Wildman–Crippen MR) is 64.4 cm³/mol. The lowest BCUT2D eigenvalue weighted by Gasteiger charge is -2.23. The van der Waals surface area contributed by atoms with Gasteiger partial charge in [-0.25, -0.2) is 0 Å². The minimum atomic E-state index is 0.114. The van der Waals surface area contributed by atoms with E-state index in [1.54, 1.807) is 0 Å². The zero-order chi connectivity index (χ0) is 10.9. The van der Waals surface area contributed by atoms with Gasteiger partial charge in [0.1, 0.15) is 5.75 Å². The number of phenols is 1. The molecule has 0 heterocycles. The predicted octanol–water partition coefficient (Wildman–Crippen LogP) is 3.68. The highest BCUT2D eigenvalue weighted by atomic mass is 79.9. The fourth-order valence-corrected chi connectivity index (χ4v) is 1.75. The molecule has 2 heteroatoms. The Bertz CT molecular complexity index is 319. The van der Waals surface area contributed by atoms with Crippen molar-refractivity contribution in [2.75, 3.05) is 5.33 Å². The Balaban J connectivity index is 3.26. The molecule has 14 heavy (non-hydrogen) atoms. The zero-order valence-electron chi connectivity index (χ0n) is 9.19. The summed E-state index contributed by atoms with van der Waals surface area (Å²) in [7, 11) is 0. The first-order chi connectivity index (χ1) is 6.38. The molecule has 0 bridgehead atoms. The Morgan fingerprint density at radius 3 is 2.00 bits per heavy atom. The van der Waals surface area contributed by atoms with Crippen LogP contribution >= 0.6 is 15.9 Å². The molecule has 0 radical (unpaired) electrons. The maximum absolute atomic E-state index is 9.66. The lowest BCUT2D eigenvalue weighted by molar-refractivity contribution is 0.465. The van der Waals surface area contributed by atoms with E-state index < -0.39 is 0 Å². The van der Waals surface area contributed by atoms with Crippen molar-refractivity contribution in [2.24, 2.45) is 0 Å². The summed E-state index contributed by atoms with van der Waals surface area (Å²) in [5, 5.41) is 10.6. The summed E-state index contributed by atoms with van der Waals surface area (Å²) in [6.45, 7) is 8.26. The van der Waals surface area contributed by atoms with Gasteiger partial charge in [0, 0.05) is 5.33 Å². The third-order valence-electron chi connectivity index (χ3n) is 2.61. The van der Waals surface area contributed by atoms with Gasteiger partial charge in [-0.05, 0) is 36.0 Å². The van der Waals surface area contributed by atoms with Crippen molar-refractivity contribution in [3.63, 3.8) is 0 Å². The van der Waals surface area contributed by atoms with Crippen LogP contribution in [0.1, 0.15) is 30.5 Å². The Kier molecular flexibility index (Phi) is 3.25. The van der Waals surface area contributed by atoms with E-state index in [4.69, 9.17) is 0 Å². The molecule has 1 N–H and O–H groups in total. The van der Waals surface area contributed by atoms with Crippen LogP contribution in [0.3, 0.4) is 0 Å². The average molecular weight is 257 g/mol. The fraction of sp³-hybridized carbons (Fsp3) is 0.500. The van der Waals surface area contributed by atoms with Gasteiger partial charge in [0.2, 0.25) is 0 Å². The first kappa shape index (κ1) is 11.6. The van der Waals surface area contributed by atoms with Gasteiger partial charge in [-0.1, -0.05) is 41.9 Å². The number of aryl methyl sites for hydroxylation is 2. The quantitative estimate of drug-likeness (QED) is 0.801. The molecule has 0 unspecified atom stereocenters. The van der Waals surface area contributed by atoms with Crippen LogP contribution < -0.4 is 0 Å². The molecule has 1 nitrogen and oxygen atoms in total. The first-order valence-corrected chi connectivity index (χ1v) is 5.87. The normalized spacial score (nSPS) is 11.8. The molecule has 0 saturated carbocycles. The number of hydrogen-bond donors (Lipinski definition) is 1. The summed E-state index contributed by atoms with van der Waals surface area (Å²) >= 11 is 3.51. The van der Waals surface area contributed by atoms with Gasteiger partial charge in [-0.15, -0.1) is 0 Å². The topological polar surface area (TPSA) is 20.2 Å². The lowest BCUT2D eigenvalue weighted by Crippen LogP contribution is -2.19. The maximum Gasteiger partial charge on any atom is 0.121 e. The second-order valence-electron chi connectivity index (χ2n) is 4.48. The smallest absolute Gasteiger partial charge is 0.121 e. The number of hydrogen-bond acceptors (Lipinski definition) is 1. The number of benzene rings is 1. The van der Waals surface area contributed by atoms with Crippen LogP contribution in [0.5, 0.6) is 5.75 Å². The molecule has 0 fully saturated rings. The summed E-state index contributed by atoms with van der Waals surface area (Å²) in [6, 6.07) is 4.12. The second-order valence-corrected chi connectivity index (χ2v) is 5.04. The number of halogens is 1. The molecule has 0 spiro atoms. The summed E-state index contributed by atoms with van der Waals surface area (Å²) < 4.78 is 0. The van der Waals surface area contributed by atoms with Crippen molar-refractivity contribution in [1.29, 1.82) is 0 Å². The van der Waals surface area contributed by atoms with Gasteiger partial charge in [-0.2, -0.15) is 0 Å². The first-order valence-electron chi connectivity index (χ1n) is 4.75. The molecule has 1 rings (SSSR count). The van der Waals surface area contributed by atoms with E-state index in [9.17, 15) is 5.11 Å². The Hall–Kier alpha value is -0.500. The standard InChI is InChI=1S/C12H17BrO/c1-8-5-10(12(3,4)7-13)6-9(2)11(8)14/h5-6,14H,7H2,1-4H3. The van der Waals surface area contributed by atoms with Crippen LogP contribution in [-0.2, 0) is 5.41 Å². The molecule has 0 aliphatic heterocycles. The molecule has 0 aromatic heterocycles. The number of phenolic OH excluding ortho intramolecular Hbond substituents is 1. The van der Waals surface area contributed by atoms with Crippen LogP contribution in [0.25, 0.3) is 0 Å². The van der Waals surface area contributed by atoms with Gasteiger partial charge in [0.05, 0.1) is 0 Å². The van der Waals surface area contributed by atoms with E-state index >= 15 is 0 Å². The number of alkyl halides is 1. The molecule has 0 amide bonds. The summed E-state index contributed by atoms with van der Waals surface area (Å²) in [6.07, 6.45) is 0. The van der Waals surface area contributed by atoms with Gasteiger partial charge < -0.3 is 5.11 Å². The third-order valence-corrected chi connectivity index (χ3v) is 4.01. The Morgan fingerprint density at radius 1 is 1.21 bits per heavy atom. The van der Waals surface area contributed by atoms with E-state index in [0.717, 1.165) is 16.5 Å².